The van der Waals surface area contributed by atoms with E-state index in [0.717, 1.165) is 11.3 Å². The molecule has 2 aromatic rings. The van der Waals surface area contributed by atoms with Crippen molar-refractivity contribution in [1.29, 1.82) is 0 Å². The van der Waals surface area contributed by atoms with E-state index in [2.05, 4.69) is 5.10 Å². The van der Waals surface area contributed by atoms with Crippen LogP contribution in [0.1, 0.15) is 22.8 Å². The number of hydrogen-bond donors (Lipinski definition) is 1. The number of carbonyl (C=O) groups is 1. The van der Waals surface area contributed by atoms with Crippen LogP contribution in [0.5, 0.6) is 0 Å². The first-order valence-electron chi connectivity index (χ1n) is 5.37. The lowest BCUT2D eigenvalue weighted by Gasteiger charge is -2.01. The van der Waals surface area contributed by atoms with Gasteiger partial charge in [0.15, 0.2) is 5.78 Å². The van der Waals surface area contributed by atoms with Gasteiger partial charge in [0.1, 0.15) is 0 Å². The fourth-order valence-electron chi connectivity index (χ4n) is 1.84. The van der Waals surface area contributed by atoms with Crippen LogP contribution in [0.4, 0.5) is 0 Å². The predicted molar refractivity (Wildman–Crippen MR) is 66.2 cm³/mol. The van der Waals surface area contributed by atoms with Crippen LogP contribution in [0, 0.1) is 6.92 Å². The molecular formula is C13H14N2O2. The molecule has 0 saturated heterocycles. The summed E-state index contributed by atoms with van der Waals surface area (Å²) in [6, 6.07) is 7.25. The molecule has 88 valence electrons. The van der Waals surface area contributed by atoms with Crippen LogP contribution in [0.15, 0.2) is 29.1 Å². The Morgan fingerprint density at radius 3 is 2.59 bits per heavy atom. The predicted octanol–water partition coefficient (Wildman–Crippen LogP) is 1.89. The van der Waals surface area contributed by atoms with Gasteiger partial charge in [0.25, 0.3) is 5.56 Å². The molecule has 0 aliphatic rings. The first-order chi connectivity index (χ1) is 8.00. The number of aromatic nitrogens is 2. The number of ketones is 1. The van der Waals surface area contributed by atoms with Gasteiger partial charge in [-0.2, -0.15) is 0 Å². The first kappa shape index (κ1) is 11.4. The van der Waals surface area contributed by atoms with Crippen molar-refractivity contribution in [2.45, 2.75) is 13.8 Å². The highest BCUT2D eigenvalue weighted by atomic mass is 16.1. The van der Waals surface area contributed by atoms with E-state index < -0.39 is 0 Å². The summed E-state index contributed by atoms with van der Waals surface area (Å²) in [6.45, 7) is 3.30. The maximum absolute atomic E-state index is 11.6. The number of nitrogens with one attached hydrogen (secondary N) is 1. The van der Waals surface area contributed by atoms with Gasteiger partial charge < -0.3 is 0 Å². The van der Waals surface area contributed by atoms with E-state index in [-0.39, 0.29) is 11.3 Å². The topological polar surface area (TPSA) is 54.9 Å². The van der Waals surface area contributed by atoms with Gasteiger partial charge in [0.05, 0.1) is 5.69 Å². The molecule has 0 aliphatic carbocycles. The molecule has 4 nitrogen and oxygen atoms in total. The molecule has 0 atom stereocenters. The summed E-state index contributed by atoms with van der Waals surface area (Å²) in [6.07, 6.45) is 0. The Hall–Kier alpha value is -2.10. The lowest BCUT2D eigenvalue weighted by atomic mass is 10.0. The molecular weight excluding hydrogens is 216 g/mol. The van der Waals surface area contributed by atoms with E-state index in [4.69, 9.17) is 0 Å². The second kappa shape index (κ2) is 4.05. The van der Waals surface area contributed by atoms with Crippen molar-refractivity contribution in [2.75, 3.05) is 0 Å². The summed E-state index contributed by atoms with van der Waals surface area (Å²) in [4.78, 5) is 23.0. The molecule has 0 aliphatic heterocycles. The van der Waals surface area contributed by atoms with Crippen LogP contribution in [0.25, 0.3) is 11.3 Å². The molecule has 1 aromatic carbocycles. The van der Waals surface area contributed by atoms with Gasteiger partial charge >= 0.3 is 0 Å². The van der Waals surface area contributed by atoms with Crippen molar-refractivity contribution in [3.05, 3.63) is 45.7 Å². The van der Waals surface area contributed by atoms with E-state index in [1.165, 1.54) is 11.6 Å². The third-order valence-corrected chi connectivity index (χ3v) is 2.84. The van der Waals surface area contributed by atoms with E-state index in [9.17, 15) is 9.59 Å². The van der Waals surface area contributed by atoms with Crippen LogP contribution in [0.3, 0.4) is 0 Å². The van der Waals surface area contributed by atoms with Crippen molar-refractivity contribution < 1.29 is 4.79 Å². The highest BCUT2D eigenvalue weighted by molar-refractivity contribution is 5.95. The van der Waals surface area contributed by atoms with Crippen molar-refractivity contribution in [3.8, 4) is 11.3 Å². The molecule has 0 spiro atoms. The van der Waals surface area contributed by atoms with E-state index in [0.29, 0.717) is 11.1 Å². The third-order valence-electron chi connectivity index (χ3n) is 2.84. The number of carbonyl (C=O) groups excluding carboxylic acids is 1. The average Bonchev–Trinajstić information content (AvgIpc) is 2.57. The minimum Gasteiger partial charge on any atom is -0.295 e. The summed E-state index contributed by atoms with van der Waals surface area (Å²) < 4.78 is 1.44. The lowest BCUT2D eigenvalue weighted by molar-refractivity contribution is 0.101. The molecule has 4 heteroatoms. The normalized spacial score (nSPS) is 10.5. The molecule has 0 fully saturated rings. The van der Waals surface area contributed by atoms with Gasteiger partial charge in [0.2, 0.25) is 0 Å². The Balaban J connectivity index is 2.60. The molecule has 1 aromatic heterocycles. The van der Waals surface area contributed by atoms with Crippen molar-refractivity contribution in [3.63, 3.8) is 0 Å². The molecule has 1 N–H and O–H groups in total. The first-order valence-corrected chi connectivity index (χ1v) is 5.37. The molecule has 0 unspecified atom stereocenters. The quantitative estimate of drug-likeness (QED) is 0.801. The van der Waals surface area contributed by atoms with E-state index in [1.54, 1.807) is 26.1 Å². The van der Waals surface area contributed by atoms with Crippen LogP contribution in [0.2, 0.25) is 0 Å². The van der Waals surface area contributed by atoms with Crippen LogP contribution < -0.4 is 5.56 Å². The van der Waals surface area contributed by atoms with Gasteiger partial charge in [-0.15, -0.1) is 0 Å². The van der Waals surface area contributed by atoms with Crippen molar-refractivity contribution in [2.24, 2.45) is 7.05 Å². The lowest BCUT2D eigenvalue weighted by Crippen LogP contribution is -2.12. The minimum absolute atomic E-state index is 0.0165. The fraction of sp³-hybridized carbons (Fsp3) is 0.231. The summed E-state index contributed by atoms with van der Waals surface area (Å²) in [5.74, 6) is 0.0165. The molecule has 0 saturated carbocycles. The van der Waals surface area contributed by atoms with Crippen molar-refractivity contribution >= 4 is 5.78 Å². The number of benzene rings is 1. The summed E-state index contributed by atoms with van der Waals surface area (Å²) in [7, 11) is 1.67. The summed E-state index contributed by atoms with van der Waals surface area (Å²) >= 11 is 0. The Morgan fingerprint density at radius 2 is 2.06 bits per heavy atom. The van der Waals surface area contributed by atoms with Gasteiger partial charge in [-0.3, -0.25) is 19.4 Å². The second-order valence-electron chi connectivity index (χ2n) is 4.11. The SMILES string of the molecule is CC(=O)c1cccc(-c2[nH]n(C)c(=O)c2C)c1. The van der Waals surface area contributed by atoms with Crippen LogP contribution in [-0.4, -0.2) is 15.6 Å². The number of aryl methyl sites for hydroxylation is 1. The highest BCUT2D eigenvalue weighted by Crippen LogP contribution is 2.20. The number of aromatic amines is 1. The van der Waals surface area contributed by atoms with Crippen molar-refractivity contribution in [1.82, 2.24) is 9.78 Å². The molecule has 17 heavy (non-hydrogen) atoms. The monoisotopic (exact) mass is 230 g/mol. The molecule has 0 radical (unpaired) electrons. The van der Waals surface area contributed by atoms with Crippen LogP contribution in [-0.2, 0) is 7.05 Å². The van der Waals surface area contributed by atoms with Crippen LogP contribution >= 0.6 is 0 Å². The zero-order chi connectivity index (χ0) is 12.6. The Morgan fingerprint density at radius 1 is 1.35 bits per heavy atom. The third kappa shape index (κ3) is 1.93. The zero-order valence-corrected chi connectivity index (χ0v) is 10.1. The van der Waals surface area contributed by atoms with E-state index >= 15 is 0 Å². The number of rotatable bonds is 2. The standard InChI is InChI=1S/C13H14N2O2/c1-8-12(14-15(3)13(8)17)11-6-4-5-10(7-11)9(2)16/h4-7,14H,1-3H3. The number of H-pyrrole nitrogens is 1. The van der Waals surface area contributed by atoms with Gasteiger partial charge in [0, 0.05) is 23.7 Å². The summed E-state index contributed by atoms with van der Waals surface area (Å²) in [5.41, 5.74) is 2.88. The highest BCUT2D eigenvalue weighted by Gasteiger charge is 2.10. The van der Waals surface area contributed by atoms with Gasteiger partial charge in [-0.25, -0.2) is 0 Å². The van der Waals surface area contributed by atoms with Gasteiger partial charge in [-0.1, -0.05) is 18.2 Å². The largest absolute Gasteiger partial charge is 0.295 e. The molecule has 0 amide bonds. The van der Waals surface area contributed by atoms with Gasteiger partial charge in [-0.05, 0) is 19.9 Å². The Labute approximate surface area is 98.9 Å². The number of nitrogens with zero attached hydrogens (tertiary/aromatic N) is 1. The molecule has 1 heterocycles. The maximum atomic E-state index is 11.6. The Bertz CT molecular complexity index is 635. The second-order valence-corrected chi connectivity index (χ2v) is 4.11. The summed E-state index contributed by atoms with van der Waals surface area (Å²) in [5, 5.41) is 2.99. The average molecular weight is 230 g/mol. The molecule has 0 bridgehead atoms. The van der Waals surface area contributed by atoms with E-state index in [1.807, 2.05) is 12.1 Å². The molecule has 2 rings (SSSR count). The zero-order valence-electron chi connectivity index (χ0n) is 10.1. The maximum Gasteiger partial charge on any atom is 0.269 e. The number of Topliss-reactive ketones (excluding diaryl/α,β-unsaturated/α-hetero) is 1. The smallest absolute Gasteiger partial charge is 0.269 e. The Kier molecular flexibility index (Phi) is 2.71. The number of hydrogen-bond acceptors (Lipinski definition) is 2. The fourth-order valence-corrected chi connectivity index (χ4v) is 1.84. The minimum atomic E-state index is -0.0479.